The average Bonchev–Trinajstić information content (AvgIpc) is 2.01. The molecule has 5 heteroatoms. The summed E-state index contributed by atoms with van der Waals surface area (Å²) in [6.07, 6.45) is -3.54. The summed E-state index contributed by atoms with van der Waals surface area (Å²) in [5.74, 6) is -1.88. The lowest BCUT2D eigenvalue weighted by molar-refractivity contribution is -0.174. The Kier molecular flexibility index (Phi) is 7.46. The highest BCUT2D eigenvalue weighted by atomic mass is 19.4. The summed E-state index contributed by atoms with van der Waals surface area (Å²) in [4.78, 5) is 10.5. The summed E-state index contributed by atoms with van der Waals surface area (Å²) >= 11 is 0. The van der Waals surface area contributed by atoms with E-state index in [1.165, 1.54) is 6.42 Å². The summed E-state index contributed by atoms with van der Waals surface area (Å²) in [5, 5.41) is 1.90. The van der Waals surface area contributed by atoms with Gasteiger partial charge in [-0.2, -0.15) is 13.2 Å². The molecule has 98 valence electrons. The van der Waals surface area contributed by atoms with Gasteiger partial charge in [0.1, 0.15) is 0 Å². The van der Waals surface area contributed by atoms with Crippen molar-refractivity contribution in [2.45, 2.75) is 60.2 Å². The second kappa shape index (κ2) is 6.76. The minimum absolute atomic E-state index is 0.374. The van der Waals surface area contributed by atoms with Crippen LogP contribution in [-0.2, 0) is 4.79 Å². The van der Waals surface area contributed by atoms with Gasteiger partial charge in [0, 0.05) is 6.04 Å². The molecule has 0 aromatic rings. The third kappa shape index (κ3) is 8.56. The molecule has 0 aromatic carbocycles. The topological polar surface area (TPSA) is 29.1 Å². The first kappa shape index (κ1) is 17.6. The van der Waals surface area contributed by atoms with Gasteiger partial charge in [0.25, 0.3) is 0 Å². The van der Waals surface area contributed by atoms with Crippen LogP contribution in [0.3, 0.4) is 0 Å². The van der Waals surface area contributed by atoms with Crippen LogP contribution in [0.1, 0.15) is 48.0 Å². The van der Waals surface area contributed by atoms with Gasteiger partial charge in [-0.3, -0.25) is 4.79 Å². The molecule has 1 atom stereocenters. The van der Waals surface area contributed by atoms with E-state index in [1.807, 2.05) is 5.32 Å². The molecule has 0 radical (unpaired) electrons. The molecule has 0 aliphatic heterocycles. The van der Waals surface area contributed by atoms with Gasteiger partial charge in [-0.15, -0.1) is 0 Å². The lowest BCUT2D eigenvalue weighted by Crippen LogP contribution is -2.47. The van der Waals surface area contributed by atoms with Gasteiger partial charge in [-0.25, -0.2) is 0 Å². The van der Waals surface area contributed by atoms with E-state index >= 15 is 0 Å². The van der Waals surface area contributed by atoms with Crippen LogP contribution in [0.2, 0.25) is 0 Å². The Bertz CT molecular complexity index is 206. The minimum Gasteiger partial charge on any atom is -0.345 e. The molecule has 2 nitrogen and oxygen atoms in total. The molecule has 0 saturated carbocycles. The number of hydrogen-bond donors (Lipinski definition) is 1. The highest BCUT2D eigenvalue weighted by Gasteiger charge is 2.40. The van der Waals surface area contributed by atoms with E-state index in [4.69, 9.17) is 0 Å². The summed E-state index contributed by atoms with van der Waals surface area (Å²) in [6, 6.07) is -0.512. The number of halogens is 3. The third-order valence-electron chi connectivity index (χ3n) is 1.90. The van der Waals surface area contributed by atoms with Crippen LogP contribution in [0, 0.1) is 5.41 Å². The van der Waals surface area contributed by atoms with E-state index in [-0.39, 0.29) is 5.41 Å². The zero-order valence-corrected chi connectivity index (χ0v) is 10.8. The van der Waals surface area contributed by atoms with E-state index in [0.717, 1.165) is 0 Å². The molecular formula is C11H22F3NO. The van der Waals surface area contributed by atoms with Crippen LogP contribution in [-0.4, -0.2) is 18.1 Å². The van der Waals surface area contributed by atoms with Gasteiger partial charge < -0.3 is 5.32 Å². The summed E-state index contributed by atoms with van der Waals surface area (Å²) in [5.41, 5.74) is -0.374. The van der Waals surface area contributed by atoms with Crippen LogP contribution in [0.4, 0.5) is 13.2 Å². The number of nitrogens with one attached hydrogen (secondary N) is 1. The molecule has 0 aliphatic carbocycles. The standard InChI is InChI=1S/C8H14F3NO.C3H8/c1-5(7(2,3)4)12-6(13)8(9,10)11;1-3-2/h5H,1-4H3,(H,12,13);3H2,1-2H3. The Morgan fingerprint density at radius 2 is 1.50 bits per heavy atom. The van der Waals surface area contributed by atoms with Crippen LogP contribution in [0.5, 0.6) is 0 Å². The number of alkyl halides is 3. The molecule has 0 spiro atoms. The molecule has 0 aromatic heterocycles. The summed E-state index contributed by atoms with van der Waals surface area (Å²) in [6.45, 7) is 11.1. The van der Waals surface area contributed by atoms with E-state index in [1.54, 1.807) is 27.7 Å². The number of rotatable bonds is 1. The van der Waals surface area contributed by atoms with Crippen LogP contribution in [0.15, 0.2) is 0 Å². The molecule has 0 aliphatic rings. The lowest BCUT2D eigenvalue weighted by atomic mass is 9.88. The van der Waals surface area contributed by atoms with Crippen molar-refractivity contribution in [3.05, 3.63) is 0 Å². The fourth-order valence-corrected chi connectivity index (χ4v) is 0.495. The van der Waals surface area contributed by atoms with Crippen molar-refractivity contribution in [3.8, 4) is 0 Å². The predicted octanol–water partition coefficient (Wildman–Crippen LogP) is 3.52. The Labute approximate surface area is 95.6 Å². The van der Waals surface area contributed by atoms with Crippen molar-refractivity contribution < 1.29 is 18.0 Å². The maximum absolute atomic E-state index is 11.8. The molecule has 1 unspecified atom stereocenters. The number of carbonyl (C=O) groups excluding carboxylic acids is 1. The largest absolute Gasteiger partial charge is 0.471 e. The van der Waals surface area contributed by atoms with E-state index in [2.05, 4.69) is 13.8 Å². The van der Waals surface area contributed by atoms with Gasteiger partial charge in [0.15, 0.2) is 0 Å². The number of carbonyl (C=O) groups is 1. The normalized spacial score (nSPS) is 13.6. The first-order valence-corrected chi connectivity index (χ1v) is 5.34. The van der Waals surface area contributed by atoms with Gasteiger partial charge in [-0.05, 0) is 12.3 Å². The summed E-state index contributed by atoms with van der Waals surface area (Å²) < 4.78 is 35.4. The fourth-order valence-electron chi connectivity index (χ4n) is 0.495. The maximum atomic E-state index is 11.8. The lowest BCUT2D eigenvalue weighted by Gasteiger charge is -2.28. The molecule has 0 heterocycles. The van der Waals surface area contributed by atoms with Crippen molar-refractivity contribution in [1.82, 2.24) is 5.32 Å². The Hall–Kier alpha value is -0.740. The van der Waals surface area contributed by atoms with Gasteiger partial charge >= 0.3 is 12.1 Å². The van der Waals surface area contributed by atoms with Crippen LogP contribution < -0.4 is 5.32 Å². The van der Waals surface area contributed by atoms with Gasteiger partial charge in [0.05, 0.1) is 0 Å². The van der Waals surface area contributed by atoms with Crippen LogP contribution in [0.25, 0.3) is 0 Å². The quantitative estimate of drug-likeness (QED) is 0.747. The second-order valence-corrected chi connectivity index (χ2v) is 4.77. The molecule has 0 saturated heterocycles. The van der Waals surface area contributed by atoms with Gasteiger partial charge in [0.2, 0.25) is 0 Å². The molecule has 1 amide bonds. The fraction of sp³-hybridized carbons (Fsp3) is 0.909. The smallest absolute Gasteiger partial charge is 0.345 e. The maximum Gasteiger partial charge on any atom is 0.471 e. The van der Waals surface area contributed by atoms with Crippen molar-refractivity contribution in [2.24, 2.45) is 5.41 Å². The first-order chi connectivity index (χ1) is 6.96. The summed E-state index contributed by atoms with van der Waals surface area (Å²) in [7, 11) is 0. The predicted molar refractivity (Wildman–Crippen MR) is 59.1 cm³/mol. The molecular weight excluding hydrogens is 219 g/mol. The minimum atomic E-state index is -4.79. The SMILES string of the molecule is CC(NC(=O)C(F)(F)F)C(C)(C)C.CCC. The Morgan fingerprint density at radius 3 is 1.69 bits per heavy atom. The zero-order valence-electron chi connectivity index (χ0n) is 10.8. The van der Waals surface area contributed by atoms with Crippen molar-refractivity contribution >= 4 is 5.91 Å². The molecule has 0 fully saturated rings. The van der Waals surface area contributed by atoms with Crippen molar-refractivity contribution in [1.29, 1.82) is 0 Å². The van der Waals surface area contributed by atoms with E-state index in [0.29, 0.717) is 0 Å². The van der Waals surface area contributed by atoms with Crippen molar-refractivity contribution in [3.63, 3.8) is 0 Å². The monoisotopic (exact) mass is 241 g/mol. The zero-order chi connectivity index (χ0) is 13.6. The Balaban J connectivity index is 0. The van der Waals surface area contributed by atoms with E-state index in [9.17, 15) is 18.0 Å². The Morgan fingerprint density at radius 1 is 1.19 bits per heavy atom. The highest BCUT2D eigenvalue weighted by molar-refractivity contribution is 5.81. The number of amides is 1. The van der Waals surface area contributed by atoms with Crippen LogP contribution >= 0.6 is 0 Å². The highest BCUT2D eigenvalue weighted by Crippen LogP contribution is 2.21. The number of hydrogen-bond acceptors (Lipinski definition) is 1. The van der Waals surface area contributed by atoms with E-state index < -0.39 is 18.1 Å². The third-order valence-corrected chi connectivity index (χ3v) is 1.90. The van der Waals surface area contributed by atoms with Crippen molar-refractivity contribution in [2.75, 3.05) is 0 Å². The average molecular weight is 241 g/mol. The molecule has 1 N–H and O–H groups in total. The first-order valence-electron chi connectivity index (χ1n) is 5.34. The van der Waals surface area contributed by atoms with Gasteiger partial charge in [-0.1, -0.05) is 41.0 Å². The molecule has 16 heavy (non-hydrogen) atoms. The second-order valence-electron chi connectivity index (χ2n) is 4.77. The molecule has 0 bridgehead atoms. The molecule has 0 rings (SSSR count).